The highest BCUT2D eigenvalue weighted by molar-refractivity contribution is 6.06. The van der Waals surface area contributed by atoms with E-state index in [0.717, 1.165) is 11.6 Å². The Bertz CT molecular complexity index is 449. The predicted molar refractivity (Wildman–Crippen MR) is 61.2 cm³/mol. The minimum atomic E-state index is -1.13. The van der Waals surface area contributed by atoms with Gasteiger partial charge in [-0.2, -0.15) is 0 Å². The van der Waals surface area contributed by atoms with Crippen LogP contribution >= 0.6 is 0 Å². The minimum Gasteiger partial charge on any atom is -0.478 e. The van der Waals surface area contributed by atoms with Crippen LogP contribution in [0.5, 0.6) is 0 Å². The standard InChI is InChI=1S/C12H13NO3/c1-8-5-3-4-6-10(8)13-12(16)9(2)7-11(14)15/h3-7H,1-2H3,(H,13,16)(H,14,15)/b9-7+. The number of rotatable bonds is 3. The number of aliphatic carboxylic acids is 1. The summed E-state index contributed by atoms with van der Waals surface area (Å²) in [5.41, 5.74) is 1.78. The molecule has 4 nitrogen and oxygen atoms in total. The number of nitrogens with one attached hydrogen (secondary N) is 1. The molecule has 0 aliphatic carbocycles. The first kappa shape index (κ1) is 12.0. The predicted octanol–water partition coefficient (Wildman–Crippen LogP) is 1.96. The van der Waals surface area contributed by atoms with E-state index in [0.29, 0.717) is 5.69 Å². The molecule has 0 saturated heterocycles. The van der Waals surface area contributed by atoms with Crippen molar-refractivity contribution >= 4 is 17.6 Å². The first-order chi connectivity index (χ1) is 7.50. The lowest BCUT2D eigenvalue weighted by Crippen LogP contribution is -2.14. The van der Waals surface area contributed by atoms with Crippen molar-refractivity contribution in [1.82, 2.24) is 0 Å². The van der Waals surface area contributed by atoms with E-state index >= 15 is 0 Å². The van der Waals surface area contributed by atoms with Gasteiger partial charge in [0, 0.05) is 17.3 Å². The molecular weight excluding hydrogens is 206 g/mol. The molecule has 0 atom stereocenters. The summed E-state index contributed by atoms with van der Waals surface area (Å²) in [5, 5.41) is 11.1. The molecule has 1 rings (SSSR count). The van der Waals surface area contributed by atoms with Crippen molar-refractivity contribution in [1.29, 1.82) is 0 Å². The van der Waals surface area contributed by atoms with Crippen LogP contribution in [-0.2, 0) is 9.59 Å². The van der Waals surface area contributed by atoms with Gasteiger partial charge in [0.1, 0.15) is 0 Å². The summed E-state index contributed by atoms with van der Waals surface area (Å²) in [4.78, 5) is 21.9. The molecule has 1 amide bonds. The molecule has 0 fully saturated rings. The molecular formula is C12H13NO3. The van der Waals surface area contributed by atoms with E-state index in [1.165, 1.54) is 6.92 Å². The number of carboxylic acid groups (broad SMARTS) is 1. The van der Waals surface area contributed by atoms with Crippen LogP contribution in [-0.4, -0.2) is 17.0 Å². The van der Waals surface area contributed by atoms with Crippen LogP contribution in [0, 0.1) is 6.92 Å². The summed E-state index contributed by atoms with van der Waals surface area (Å²) in [5.74, 6) is -1.53. The minimum absolute atomic E-state index is 0.163. The molecule has 1 aromatic rings. The Hall–Kier alpha value is -2.10. The highest BCUT2D eigenvalue weighted by atomic mass is 16.4. The Balaban J connectivity index is 2.80. The molecule has 0 unspecified atom stereocenters. The number of hydrogen-bond acceptors (Lipinski definition) is 2. The van der Waals surface area contributed by atoms with Gasteiger partial charge in [-0.05, 0) is 25.5 Å². The summed E-state index contributed by atoms with van der Waals surface area (Å²) < 4.78 is 0. The van der Waals surface area contributed by atoms with Crippen LogP contribution < -0.4 is 5.32 Å². The zero-order chi connectivity index (χ0) is 12.1. The van der Waals surface area contributed by atoms with Crippen LogP contribution in [0.25, 0.3) is 0 Å². The average molecular weight is 219 g/mol. The maximum atomic E-state index is 11.6. The number of benzene rings is 1. The van der Waals surface area contributed by atoms with Gasteiger partial charge in [-0.1, -0.05) is 18.2 Å². The van der Waals surface area contributed by atoms with Gasteiger partial charge in [0.05, 0.1) is 0 Å². The SMILES string of the molecule is C/C(=C\C(=O)O)C(=O)Nc1ccccc1C. The Labute approximate surface area is 93.6 Å². The van der Waals surface area contributed by atoms with Crippen molar-refractivity contribution in [3.63, 3.8) is 0 Å². The van der Waals surface area contributed by atoms with Gasteiger partial charge >= 0.3 is 5.97 Å². The molecule has 0 aromatic heterocycles. The Morgan fingerprint density at radius 1 is 1.31 bits per heavy atom. The molecule has 4 heteroatoms. The Morgan fingerprint density at radius 2 is 1.94 bits per heavy atom. The highest BCUT2D eigenvalue weighted by Gasteiger charge is 2.07. The number of aryl methyl sites for hydroxylation is 1. The lowest BCUT2D eigenvalue weighted by atomic mass is 10.2. The van der Waals surface area contributed by atoms with E-state index in [-0.39, 0.29) is 5.57 Å². The Kier molecular flexibility index (Phi) is 3.83. The largest absolute Gasteiger partial charge is 0.478 e. The molecule has 16 heavy (non-hydrogen) atoms. The van der Waals surface area contributed by atoms with Gasteiger partial charge in [-0.15, -0.1) is 0 Å². The van der Waals surface area contributed by atoms with E-state index in [2.05, 4.69) is 5.32 Å². The van der Waals surface area contributed by atoms with Gasteiger partial charge in [-0.3, -0.25) is 4.79 Å². The van der Waals surface area contributed by atoms with Crippen molar-refractivity contribution in [2.24, 2.45) is 0 Å². The monoisotopic (exact) mass is 219 g/mol. The van der Waals surface area contributed by atoms with E-state index in [1.807, 2.05) is 19.1 Å². The fourth-order valence-electron chi connectivity index (χ4n) is 1.18. The summed E-state index contributed by atoms with van der Waals surface area (Å²) >= 11 is 0. The van der Waals surface area contributed by atoms with E-state index < -0.39 is 11.9 Å². The van der Waals surface area contributed by atoms with Gasteiger partial charge in [0.2, 0.25) is 0 Å². The maximum Gasteiger partial charge on any atom is 0.328 e. The molecule has 0 radical (unpaired) electrons. The molecule has 0 heterocycles. The zero-order valence-corrected chi connectivity index (χ0v) is 9.15. The summed E-state index contributed by atoms with van der Waals surface area (Å²) in [6, 6.07) is 7.30. The number of carbonyl (C=O) groups is 2. The molecule has 84 valence electrons. The van der Waals surface area contributed by atoms with Gasteiger partial charge in [-0.25, -0.2) is 4.79 Å². The fourth-order valence-corrected chi connectivity index (χ4v) is 1.18. The third-order valence-electron chi connectivity index (χ3n) is 2.09. The molecule has 0 saturated carbocycles. The van der Waals surface area contributed by atoms with E-state index in [4.69, 9.17) is 5.11 Å². The van der Waals surface area contributed by atoms with Crippen molar-refractivity contribution < 1.29 is 14.7 Å². The number of para-hydroxylation sites is 1. The Morgan fingerprint density at radius 3 is 2.50 bits per heavy atom. The van der Waals surface area contributed by atoms with Crippen LogP contribution in [0.1, 0.15) is 12.5 Å². The maximum absolute atomic E-state index is 11.6. The van der Waals surface area contributed by atoms with Crippen molar-refractivity contribution in [2.75, 3.05) is 5.32 Å². The molecule has 2 N–H and O–H groups in total. The fraction of sp³-hybridized carbons (Fsp3) is 0.167. The topological polar surface area (TPSA) is 66.4 Å². The third kappa shape index (κ3) is 3.24. The van der Waals surface area contributed by atoms with Crippen LogP contribution in [0.15, 0.2) is 35.9 Å². The lowest BCUT2D eigenvalue weighted by molar-refractivity contribution is -0.131. The first-order valence-corrected chi connectivity index (χ1v) is 4.79. The van der Waals surface area contributed by atoms with Crippen molar-refractivity contribution in [3.8, 4) is 0 Å². The van der Waals surface area contributed by atoms with Crippen LogP contribution in [0.4, 0.5) is 5.69 Å². The quantitative estimate of drug-likeness (QED) is 0.764. The molecule has 0 aliphatic rings. The van der Waals surface area contributed by atoms with E-state index in [1.54, 1.807) is 12.1 Å². The molecule has 0 bridgehead atoms. The second-order valence-electron chi connectivity index (χ2n) is 3.43. The molecule has 1 aromatic carbocycles. The number of amides is 1. The van der Waals surface area contributed by atoms with Gasteiger partial charge in [0.15, 0.2) is 0 Å². The summed E-state index contributed by atoms with van der Waals surface area (Å²) in [7, 11) is 0. The highest BCUT2D eigenvalue weighted by Crippen LogP contribution is 2.13. The second kappa shape index (κ2) is 5.11. The smallest absolute Gasteiger partial charge is 0.328 e. The average Bonchev–Trinajstić information content (AvgIpc) is 2.20. The van der Waals surface area contributed by atoms with E-state index in [9.17, 15) is 9.59 Å². The first-order valence-electron chi connectivity index (χ1n) is 4.79. The number of carboxylic acids is 1. The van der Waals surface area contributed by atoms with Gasteiger partial charge < -0.3 is 10.4 Å². The number of carbonyl (C=O) groups excluding carboxylic acids is 1. The molecule has 0 aliphatic heterocycles. The van der Waals surface area contributed by atoms with Gasteiger partial charge in [0.25, 0.3) is 5.91 Å². The third-order valence-corrected chi connectivity index (χ3v) is 2.09. The number of anilines is 1. The summed E-state index contributed by atoms with van der Waals surface area (Å²) in [6.07, 6.45) is 0.883. The van der Waals surface area contributed by atoms with Crippen LogP contribution in [0.2, 0.25) is 0 Å². The normalized spacial score (nSPS) is 11.0. The van der Waals surface area contributed by atoms with Crippen molar-refractivity contribution in [3.05, 3.63) is 41.5 Å². The van der Waals surface area contributed by atoms with Crippen molar-refractivity contribution in [2.45, 2.75) is 13.8 Å². The molecule has 0 spiro atoms. The lowest BCUT2D eigenvalue weighted by Gasteiger charge is -2.07. The summed E-state index contributed by atoms with van der Waals surface area (Å²) in [6.45, 7) is 3.33. The van der Waals surface area contributed by atoms with Crippen LogP contribution in [0.3, 0.4) is 0 Å². The second-order valence-corrected chi connectivity index (χ2v) is 3.43. The number of hydrogen-bond donors (Lipinski definition) is 2. The zero-order valence-electron chi connectivity index (χ0n) is 9.15.